The lowest BCUT2D eigenvalue weighted by atomic mass is 9.98. The van der Waals surface area contributed by atoms with Gasteiger partial charge in [-0.15, -0.1) is 0 Å². The van der Waals surface area contributed by atoms with Gasteiger partial charge in [0.1, 0.15) is 83.7 Å². The Hall–Kier alpha value is -5.64. The highest BCUT2D eigenvalue weighted by atomic mass is 16.7. The highest BCUT2D eigenvalue weighted by molar-refractivity contribution is 5.89. The minimum absolute atomic E-state index is 0.0232. The standard InChI is InChI=1S/C43H48O23/c1-16-39(66-29(48)8-5-17-3-6-19(45)7-4-17)35(54)38(57)41(60-16)59-15-28-32(51)34(53)37(56)43(65-28)63-26-13-21-23(61-40(26)18-9-22(47)30(49)25(10-18)58-2)11-20(46)12-24(21)62-42-36(55)33(52)31(50)27(14-44)64-42/h3-13,16,27-28,31-39,41-44,50-57H,14-15H2,1-2H3,(H3-,45,46,47,48,49)/p+1/t16-,27+,28+,31+,32+,33-,34-,35-,36+,37+,38+,39-,41+,42+,43+/m0/s1. The summed E-state index contributed by atoms with van der Waals surface area (Å²) in [6.45, 7) is -0.0302. The molecule has 23 nitrogen and oxygen atoms in total. The van der Waals surface area contributed by atoms with Gasteiger partial charge in [0.25, 0.3) is 0 Å². The summed E-state index contributed by atoms with van der Waals surface area (Å²) in [5.41, 5.74) is 0.350. The summed E-state index contributed by atoms with van der Waals surface area (Å²) in [4.78, 5) is 12.6. The molecule has 7 rings (SSSR count). The average molecular weight is 934 g/mol. The SMILES string of the molecule is COc1cc(-c2[o+]c3cc(O)cc(O[C@@H]4O[C@H](CO)[C@@H](O)[C@H](O)[C@H]4O)c3cc2O[C@@H]2O[C@H](CO[C@@H]3O[C@@H](C)[C@H](OC(=O)/C=C/c4ccc(O)cc4)[C@@H](O)[C@H]3O)[C@@H](O)[C@H](O)[C@H]2O)cc(O)c1O. The molecule has 66 heavy (non-hydrogen) atoms. The van der Waals surface area contributed by atoms with Crippen molar-refractivity contribution >= 4 is 23.0 Å². The van der Waals surface area contributed by atoms with Crippen molar-refractivity contribution in [2.45, 2.75) is 99.0 Å². The van der Waals surface area contributed by atoms with E-state index in [0.717, 1.165) is 24.3 Å². The van der Waals surface area contributed by atoms with Gasteiger partial charge in [-0.05, 0) is 30.7 Å². The number of methoxy groups -OCH3 is 1. The van der Waals surface area contributed by atoms with Gasteiger partial charge in [0.2, 0.25) is 24.1 Å². The van der Waals surface area contributed by atoms with E-state index < -0.39 is 129 Å². The molecule has 0 bridgehead atoms. The van der Waals surface area contributed by atoms with Crippen molar-refractivity contribution in [3.8, 4) is 51.6 Å². The molecule has 4 heterocycles. The Kier molecular flexibility index (Phi) is 14.7. The third-order valence-corrected chi connectivity index (χ3v) is 11.1. The van der Waals surface area contributed by atoms with Crippen LogP contribution >= 0.6 is 0 Å². The molecule has 358 valence electrons. The molecule has 0 spiro atoms. The van der Waals surface area contributed by atoms with Crippen molar-refractivity contribution in [1.82, 2.24) is 0 Å². The highest BCUT2D eigenvalue weighted by Crippen LogP contribution is 2.46. The summed E-state index contributed by atoms with van der Waals surface area (Å²) in [6, 6.07) is 11.6. The largest absolute Gasteiger partial charge is 0.508 e. The zero-order valence-electron chi connectivity index (χ0n) is 34.8. The molecule has 3 aliphatic rings. The highest BCUT2D eigenvalue weighted by Gasteiger charge is 2.50. The molecule has 3 fully saturated rings. The van der Waals surface area contributed by atoms with Crippen LogP contribution in [0.4, 0.5) is 0 Å². The number of carbonyl (C=O) groups excluding carboxylic acids is 1. The predicted molar refractivity (Wildman–Crippen MR) is 219 cm³/mol. The summed E-state index contributed by atoms with van der Waals surface area (Å²) in [6.07, 6.45) is -23.0. The monoisotopic (exact) mass is 933 g/mol. The van der Waals surface area contributed by atoms with Gasteiger partial charge < -0.3 is 104 Å². The number of phenolic OH excluding ortho intramolecular Hbond substituents is 4. The fourth-order valence-corrected chi connectivity index (χ4v) is 7.42. The number of aliphatic hydroxyl groups is 9. The maximum atomic E-state index is 12.6. The normalized spacial score (nSPS) is 32.6. The number of hydrogen-bond acceptors (Lipinski definition) is 22. The molecule has 0 radical (unpaired) electrons. The molecule has 3 aromatic carbocycles. The third-order valence-electron chi connectivity index (χ3n) is 11.1. The Balaban J connectivity index is 1.13. The maximum absolute atomic E-state index is 12.6. The van der Waals surface area contributed by atoms with Crippen LogP contribution in [0, 0.1) is 0 Å². The summed E-state index contributed by atoms with van der Waals surface area (Å²) in [5.74, 6) is -3.85. The Morgan fingerprint density at radius 3 is 1.95 bits per heavy atom. The van der Waals surface area contributed by atoms with E-state index in [9.17, 15) is 71.2 Å². The van der Waals surface area contributed by atoms with Crippen LogP contribution in [0.15, 0.2) is 65.1 Å². The molecule has 23 heteroatoms. The summed E-state index contributed by atoms with van der Waals surface area (Å²) in [7, 11) is 1.20. The van der Waals surface area contributed by atoms with Crippen molar-refractivity contribution in [2.75, 3.05) is 20.3 Å². The zero-order chi connectivity index (χ0) is 47.7. The second-order valence-electron chi connectivity index (χ2n) is 15.6. The smallest absolute Gasteiger partial charge is 0.402 e. The lowest BCUT2D eigenvalue weighted by Crippen LogP contribution is -2.62. The molecular weight excluding hydrogens is 884 g/mol. The van der Waals surface area contributed by atoms with Crippen LogP contribution in [0.3, 0.4) is 0 Å². The molecule has 3 saturated heterocycles. The number of ether oxygens (including phenoxy) is 8. The van der Waals surface area contributed by atoms with Gasteiger partial charge in [-0.3, -0.25) is 0 Å². The fraction of sp³-hybridized carbons (Fsp3) is 0.442. The first-order valence-corrected chi connectivity index (χ1v) is 20.3. The number of aliphatic hydroxyl groups excluding tert-OH is 9. The van der Waals surface area contributed by atoms with Crippen molar-refractivity contribution in [3.63, 3.8) is 0 Å². The van der Waals surface area contributed by atoms with Crippen molar-refractivity contribution in [3.05, 3.63) is 66.2 Å². The van der Waals surface area contributed by atoms with Gasteiger partial charge in [0, 0.05) is 30.3 Å². The number of benzene rings is 3. The van der Waals surface area contributed by atoms with Crippen molar-refractivity contribution < 1.29 is 113 Å². The molecule has 4 aromatic rings. The van der Waals surface area contributed by atoms with Crippen LogP contribution < -0.4 is 14.2 Å². The number of carbonyl (C=O) groups is 1. The van der Waals surface area contributed by atoms with Crippen molar-refractivity contribution in [2.24, 2.45) is 0 Å². The molecule has 0 aliphatic carbocycles. The molecule has 13 N–H and O–H groups in total. The lowest BCUT2D eigenvalue weighted by Gasteiger charge is -2.42. The van der Waals surface area contributed by atoms with E-state index in [1.54, 1.807) is 12.1 Å². The van der Waals surface area contributed by atoms with Crippen molar-refractivity contribution in [1.29, 1.82) is 0 Å². The molecule has 0 amide bonds. The quantitative estimate of drug-likeness (QED) is 0.0320. The van der Waals surface area contributed by atoms with Gasteiger partial charge in [-0.1, -0.05) is 12.1 Å². The van der Waals surface area contributed by atoms with Crippen LogP contribution in [-0.4, -0.2) is 185 Å². The lowest BCUT2D eigenvalue weighted by molar-refractivity contribution is -0.319. The van der Waals surface area contributed by atoms with E-state index in [0.29, 0.717) is 5.56 Å². The van der Waals surface area contributed by atoms with Gasteiger partial charge in [-0.25, -0.2) is 9.21 Å². The van der Waals surface area contributed by atoms with Crippen LogP contribution in [0.25, 0.3) is 28.4 Å². The van der Waals surface area contributed by atoms with Crippen LogP contribution in [0.1, 0.15) is 12.5 Å². The minimum atomic E-state index is -2.01. The fourth-order valence-electron chi connectivity index (χ4n) is 7.42. The van der Waals surface area contributed by atoms with Crippen LogP contribution in [0.5, 0.6) is 40.2 Å². The summed E-state index contributed by atoms with van der Waals surface area (Å²) in [5, 5.41) is 137. The number of phenols is 4. The Labute approximate surface area is 373 Å². The first-order chi connectivity index (χ1) is 31.4. The summed E-state index contributed by atoms with van der Waals surface area (Å²) < 4.78 is 51.3. The Morgan fingerprint density at radius 2 is 1.30 bits per heavy atom. The zero-order valence-corrected chi connectivity index (χ0v) is 34.8. The number of fused-ring (bicyclic) bond motifs is 1. The second kappa shape index (κ2) is 20.1. The summed E-state index contributed by atoms with van der Waals surface area (Å²) >= 11 is 0. The molecule has 0 unspecified atom stereocenters. The van der Waals surface area contributed by atoms with E-state index >= 15 is 0 Å². The number of esters is 1. The number of hydrogen-bond donors (Lipinski definition) is 13. The average Bonchev–Trinajstić information content (AvgIpc) is 3.29. The van der Waals surface area contributed by atoms with E-state index in [1.165, 1.54) is 44.4 Å². The topological polar surface area (TPSA) is 365 Å². The Bertz CT molecular complexity index is 2360. The second-order valence-corrected chi connectivity index (χ2v) is 15.6. The van der Waals surface area contributed by atoms with E-state index in [-0.39, 0.29) is 45.3 Å². The van der Waals surface area contributed by atoms with Gasteiger partial charge in [0.05, 0.1) is 38.1 Å². The van der Waals surface area contributed by atoms with Gasteiger partial charge in [0.15, 0.2) is 23.9 Å². The predicted octanol–water partition coefficient (Wildman–Crippen LogP) is -1.31. The van der Waals surface area contributed by atoms with Gasteiger partial charge in [-0.2, -0.15) is 0 Å². The molecule has 1 aromatic heterocycles. The van der Waals surface area contributed by atoms with Crippen LogP contribution in [-0.2, 0) is 28.5 Å². The molecule has 15 atom stereocenters. The Morgan fingerprint density at radius 1 is 0.682 bits per heavy atom. The first-order valence-electron chi connectivity index (χ1n) is 20.3. The van der Waals surface area contributed by atoms with Gasteiger partial charge >= 0.3 is 17.3 Å². The van der Waals surface area contributed by atoms with E-state index in [4.69, 9.17) is 42.3 Å². The number of rotatable bonds is 13. The molecular formula is C43H49O23+. The minimum Gasteiger partial charge on any atom is -0.508 e. The first kappa shape index (κ1) is 48.3. The maximum Gasteiger partial charge on any atom is 0.402 e. The number of aromatic hydroxyl groups is 4. The van der Waals surface area contributed by atoms with Crippen LogP contribution in [0.2, 0.25) is 0 Å². The molecule has 3 aliphatic heterocycles. The van der Waals surface area contributed by atoms with E-state index in [2.05, 4.69) is 0 Å². The third kappa shape index (κ3) is 10.0. The van der Waals surface area contributed by atoms with E-state index in [1.807, 2.05) is 0 Å². The molecule has 0 saturated carbocycles.